The van der Waals surface area contributed by atoms with Crippen molar-refractivity contribution in [1.82, 2.24) is 0 Å². The first kappa shape index (κ1) is 10.9. The third-order valence-electron chi connectivity index (χ3n) is 1.19. The van der Waals surface area contributed by atoms with Crippen LogP contribution in [0, 0.1) is 6.26 Å². The number of hydrogen-bond donors (Lipinski definition) is 0. The van der Waals surface area contributed by atoms with Crippen LogP contribution in [0.5, 0.6) is 0 Å². The molecule has 0 spiro atoms. The van der Waals surface area contributed by atoms with E-state index < -0.39 is 11.7 Å². The Kier molecular flexibility index (Phi) is 4.65. The van der Waals surface area contributed by atoms with Gasteiger partial charge in [-0.3, -0.25) is 0 Å². The van der Waals surface area contributed by atoms with Crippen LogP contribution in [0.15, 0.2) is 11.6 Å². The Labute approximate surface area is 68.9 Å². The minimum atomic E-state index is -4.16. The molecule has 0 amide bonds. The standard InChI is InChI=1S/C7H10F3S/c1-3-6(4-5-11-2)7(8,9)10/h4H,2-3,5H2,1H3/b6-4-. The van der Waals surface area contributed by atoms with E-state index in [2.05, 4.69) is 6.26 Å². The first-order valence-corrected chi connectivity index (χ1v) is 4.31. The summed E-state index contributed by atoms with van der Waals surface area (Å²) in [6.45, 7) is 1.49. The molecule has 0 aliphatic rings. The average molecular weight is 183 g/mol. The van der Waals surface area contributed by atoms with Crippen molar-refractivity contribution in [2.24, 2.45) is 0 Å². The molecule has 0 unspecified atom stereocenters. The highest BCUT2D eigenvalue weighted by molar-refractivity contribution is 8.00. The molecule has 0 aliphatic carbocycles. The van der Waals surface area contributed by atoms with E-state index in [1.807, 2.05) is 0 Å². The van der Waals surface area contributed by atoms with Crippen LogP contribution in [0.25, 0.3) is 0 Å². The number of halogens is 3. The van der Waals surface area contributed by atoms with Crippen molar-refractivity contribution in [3.05, 3.63) is 17.9 Å². The zero-order valence-electron chi connectivity index (χ0n) is 6.24. The maximum Gasteiger partial charge on any atom is 0.412 e. The van der Waals surface area contributed by atoms with Crippen LogP contribution >= 0.6 is 11.8 Å². The van der Waals surface area contributed by atoms with Gasteiger partial charge in [-0.2, -0.15) is 24.9 Å². The molecule has 0 aromatic carbocycles. The van der Waals surface area contributed by atoms with Gasteiger partial charge in [0.05, 0.1) is 0 Å². The summed E-state index contributed by atoms with van der Waals surface area (Å²) in [4.78, 5) is 0. The molecule has 0 N–H and O–H groups in total. The van der Waals surface area contributed by atoms with Crippen LogP contribution in [0.3, 0.4) is 0 Å². The number of rotatable bonds is 3. The highest BCUT2D eigenvalue weighted by atomic mass is 32.2. The fourth-order valence-electron chi connectivity index (χ4n) is 0.620. The van der Waals surface area contributed by atoms with E-state index in [0.717, 1.165) is 11.8 Å². The number of alkyl halides is 3. The quantitative estimate of drug-likeness (QED) is 0.604. The van der Waals surface area contributed by atoms with Crippen molar-refractivity contribution in [3.8, 4) is 0 Å². The fourth-order valence-corrected chi connectivity index (χ4v) is 0.939. The summed E-state index contributed by atoms with van der Waals surface area (Å²) in [5.74, 6) is 0.322. The molecule has 0 rings (SSSR count). The maximum absolute atomic E-state index is 11.9. The van der Waals surface area contributed by atoms with Gasteiger partial charge in [-0.1, -0.05) is 13.0 Å². The second-order valence-electron chi connectivity index (χ2n) is 1.95. The molecule has 0 nitrogen and oxygen atoms in total. The van der Waals surface area contributed by atoms with Crippen LogP contribution in [-0.2, 0) is 0 Å². The monoisotopic (exact) mass is 183 g/mol. The Morgan fingerprint density at radius 1 is 1.55 bits per heavy atom. The second kappa shape index (κ2) is 4.70. The first-order chi connectivity index (χ1) is 5.02. The molecule has 0 fully saturated rings. The molecule has 0 bridgehead atoms. The Morgan fingerprint density at radius 2 is 2.09 bits per heavy atom. The second-order valence-corrected chi connectivity index (χ2v) is 2.69. The highest BCUT2D eigenvalue weighted by Crippen LogP contribution is 2.27. The molecule has 0 saturated heterocycles. The SMILES string of the molecule is [CH2]SC/C=C(/CC)C(F)(F)F. The van der Waals surface area contributed by atoms with Gasteiger partial charge >= 0.3 is 6.18 Å². The van der Waals surface area contributed by atoms with Gasteiger partial charge in [0.25, 0.3) is 0 Å². The molecular formula is C7H10F3S. The molecular weight excluding hydrogens is 173 g/mol. The molecule has 0 saturated carbocycles. The van der Waals surface area contributed by atoms with Crippen molar-refractivity contribution in [3.63, 3.8) is 0 Å². The zero-order valence-corrected chi connectivity index (χ0v) is 7.06. The third-order valence-corrected chi connectivity index (χ3v) is 1.59. The van der Waals surface area contributed by atoms with Crippen LogP contribution in [-0.4, -0.2) is 11.9 Å². The number of thioether (sulfide) groups is 1. The minimum Gasteiger partial charge on any atom is -0.166 e. The van der Waals surface area contributed by atoms with Crippen molar-refractivity contribution in [1.29, 1.82) is 0 Å². The summed E-state index contributed by atoms with van der Waals surface area (Å²) in [6.07, 6.45) is 0.427. The summed E-state index contributed by atoms with van der Waals surface area (Å²) in [6, 6.07) is 0. The largest absolute Gasteiger partial charge is 0.412 e. The van der Waals surface area contributed by atoms with Gasteiger partial charge in [-0.25, -0.2) is 0 Å². The fraction of sp³-hybridized carbons (Fsp3) is 0.571. The Morgan fingerprint density at radius 3 is 2.36 bits per heavy atom. The molecule has 1 radical (unpaired) electrons. The summed E-state index contributed by atoms with van der Waals surface area (Å²) in [7, 11) is 0. The Hall–Kier alpha value is -0.120. The van der Waals surface area contributed by atoms with Gasteiger partial charge in [0.1, 0.15) is 0 Å². The molecule has 4 heteroatoms. The Balaban J connectivity index is 4.16. The molecule has 65 valence electrons. The number of hydrogen-bond acceptors (Lipinski definition) is 1. The lowest BCUT2D eigenvalue weighted by Gasteiger charge is -2.08. The Bertz CT molecular complexity index is 137. The third kappa shape index (κ3) is 4.35. The van der Waals surface area contributed by atoms with Crippen molar-refractivity contribution in [2.75, 3.05) is 5.75 Å². The van der Waals surface area contributed by atoms with Gasteiger partial charge in [0.15, 0.2) is 0 Å². The molecule has 0 aliphatic heterocycles. The molecule has 0 heterocycles. The number of allylic oxidation sites excluding steroid dienone is 1. The normalized spacial score (nSPS) is 13.7. The van der Waals surface area contributed by atoms with Gasteiger partial charge in [0.2, 0.25) is 0 Å². The van der Waals surface area contributed by atoms with E-state index in [1.165, 1.54) is 13.0 Å². The van der Waals surface area contributed by atoms with Crippen molar-refractivity contribution in [2.45, 2.75) is 19.5 Å². The lowest BCUT2D eigenvalue weighted by atomic mass is 10.2. The lowest BCUT2D eigenvalue weighted by Crippen LogP contribution is -2.11. The predicted octanol–water partition coefficient (Wildman–Crippen LogP) is 3.41. The van der Waals surface area contributed by atoms with Crippen LogP contribution in [0.1, 0.15) is 13.3 Å². The summed E-state index contributed by atoms with van der Waals surface area (Å²) in [5, 5.41) is 0. The van der Waals surface area contributed by atoms with E-state index in [0.29, 0.717) is 5.75 Å². The smallest absolute Gasteiger partial charge is 0.166 e. The van der Waals surface area contributed by atoms with Crippen LogP contribution < -0.4 is 0 Å². The first-order valence-electron chi connectivity index (χ1n) is 3.15. The van der Waals surface area contributed by atoms with Crippen LogP contribution in [0.4, 0.5) is 13.2 Å². The van der Waals surface area contributed by atoms with Crippen molar-refractivity contribution >= 4 is 11.8 Å². The summed E-state index contributed by atoms with van der Waals surface area (Å²) < 4.78 is 35.8. The predicted molar refractivity (Wildman–Crippen MR) is 42.2 cm³/mol. The molecule has 0 atom stereocenters. The minimum absolute atomic E-state index is 0.0318. The summed E-state index contributed by atoms with van der Waals surface area (Å²) in [5.41, 5.74) is -0.464. The van der Waals surface area contributed by atoms with E-state index in [-0.39, 0.29) is 6.42 Å². The maximum atomic E-state index is 11.9. The summed E-state index contributed by atoms with van der Waals surface area (Å²) >= 11 is 1.14. The van der Waals surface area contributed by atoms with Gasteiger partial charge in [-0.05, 0) is 6.42 Å². The van der Waals surface area contributed by atoms with E-state index >= 15 is 0 Å². The van der Waals surface area contributed by atoms with E-state index in [9.17, 15) is 13.2 Å². The average Bonchev–Trinajstić information content (AvgIpc) is 1.87. The van der Waals surface area contributed by atoms with Gasteiger partial charge in [0, 0.05) is 17.6 Å². The molecule has 11 heavy (non-hydrogen) atoms. The lowest BCUT2D eigenvalue weighted by molar-refractivity contribution is -0.0936. The van der Waals surface area contributed by atoms with Gasteiger partial charge in [-0.15, -0.1) is 0 Å². The van der Waals surface area contributed by atoms with E-state index in [4.69, 9.17) is 0 Å². The molecule has 0 aromatic rings. The van der Waals surface area contributed by atoms with Gasteiger partial charge < -0.3 is 0 Å². The molecule has 0 aromatic heterocycles. The van der Waals surface area contributed by atoms with Crippen molar-refractivity contribution < 1.29 is 13.2 Å². The zero-order chi connectivity index (χ0) is 8.91. The van der Waals surface area contributed by atoms with Crippen LogP contribution in [0.2, 0.25) is 0 Å². The highest BCUT2D eigenvalue weighted by Gasteiger charge is 2.31. The topological polar surface area (TPSA) is 0 Å². The van der Waals surface area contributed by atoms with E-state index in [1.54, 1.807) is 0 Å².